The third-order valence-corrected chi connectivity index (χ3v) is 3.12. The summed E-state index contributed by atoms with van der Waals surface area (Å²) >= 11 is 0. The van der Waals surface area contributed by atoms with E-state index in [1.54, 1.807) is 0 Å². The summed E-state index contributed by atoms with van der Waals surface area (Å²) in [7, 11) is 0. The minimum atomic E-state index is -0.657. The molecule has 0 spiro atoms. The average Bonchev–Trinajstić information content (AvgIpc) is 2.02. The highest BCUT2D eigenvalue weighted by Crippen LogP contribution is 2.19. The molecule has 1 atom stereocenters. The van der Waals surface area contributed by atoms with Crippen LogP contribution in [0, 0.1) is 11.3 Å². The number of hydrogen-bond acceptors (Lipinski definition) is 3. The highest BCUT2D eigenvalue weighted by atomic mass is 16.3. The van der Waals surface area contributed by atoms with Gasteiger partial charge >= 0.3 is 0 Å². The molecule has 0 aliphatic rings. The summed E-state index contributed by atoms with van der Waals surface area (Å²) in [4.78, 5) is 0. The summed E-state index contributed by atoms with van der Waals surface area (Å²) in [5, 5.41) is 22.1. The van der Waals surface area contributed by atoms with Gasteiger partial charge in [-0.2, -0.15) is 0 Å². The maximum Gasteiger partial charge on any atom is 0.0766 e. The first kappa shape index (κ1) is 14.9. The maximum atomic E-state index is 10.0. The largest absolute Gasteiger partial charge is 0.396 e. The molecule has 3 nitrogen and oxygen atoms in total. The van der Waals surface area contributed by atoms with Crippen molar-refractivity contribution in [3.63, 3.8) is 0 Å². The lowest BCUT2D eigenvalue weighted by atomic mass is 9.88. The summed E-state index contributed by atoms with van der Waals surface area (Å²) in [5.41, 5.74) is -0.572. The molecule has 3 heteroatoms. The van der Waals surface area contributed by atoms with Gasteiger partial charge in [0.05, 0.1) is 5.60 Å². The molecule has 0 saturated carbocycles. The van der Waals surface area contributed by atoms with Crippen LogP contribution in [0.3, 0.4) is 0 Å². The quantitative estimate of drug-likeness (QED) is 0.604. The Hall–Kier alpha value is -0.120. The van der Waals surface area contributed by atoms with E-state index in [1.807, 2.05) is 20.8 Å². The van der Waals surface area contributed by atoms with Crippen LogP contribution in [0.25, 0.3) is 0 Å². The Kier molecular flexibility index (Phi) is 5.78. The Morgan fingerprint density at radius 2 is 1.67 bits per heavy atom. The Morgan fingerprint density at radius 1 is 1.13 bits per heavy atom. The van der Waals surface area contributed by atoms with Gasteiger partial charge in [0, 0.05) is 19.7 Å². The zero-order chi connectivity index (χ0) is 12.1. The van der Waals surface area contributed by atoms with Crippen molar-refractivity contribution in [2.75, 3.05) is 19.7 Å². The number of aliphatic hydroxyl groups is 2. The van der Waals surface area contributed by atoms with Crippen LogP contribution in [0.4, 0.5) is 0 Å². The van der Waals surface area contributed by atoms with Crippen molar-refractivity contribution in [3.8, 4) is 0 Å². The molecule has 0 fully saturated rings. The Morgan fingerprint density at radius 3 is 2.07 bits per heavy atom. The molecular weight excluding hydrogens is 190 g/mol. The average molecular weight is 217 g/mol. The van der Waals surface area contributed by atoms with Gasteiger partial charge in [-0.05, 0) is 24.7 Å². The zero-order valence-electron chi connectivity index (χ0n) is 10.8. The van der Waals surface area contributed by atoms with Gasteiger partial charge in [-0.1, -0.05) is 27.7 Å². The Balaban J connectivity index is 3.88. The lowest BCUT2D eigenvalue weighted by Crippen LogP contribution is -2.44. The fraction of sp³-hybridized carbons (Fsp3) is 1.00. The molecule has 0 aliphatic heterocycles. The molecule has 0 aliphatic carbocycles. The fourth-order valence-electron chi connectivity index (χ4n) is 1.25. The third-order valence-electron chi connectivity index (χ3n) is 3.12. The van der Waals surface area contributed by atoms with Crippen molar-refractivity contribution in [2.45, 2.75) is 46.6 Å². The van der Waals surface area contributed by atoms with Gasteiger partial charge in [-0.3, -0.25) is 0 Å². The lowest BCUT2D eigenvalue weighted by molar-refractivity contribution is 0.0120. The molecule has 3 N–H and O–H groups in total. The molecule has 1 unspecified atom stereocenters. The molecule has 0 amide bonds. The number of hydrogen-bond donors (Lipinski definition) is 3. The summed E-state index contributed by atoms with van der Waals surface area (Å²) in [6.07, 6.45) is 0.782. The molecule has 0 radical (unpaired) electrons. The Bertz CT molecular complexity index is 176. The van der Waals surface area contributed by atoms with Gasteiger partial charge < -0.3 is 15.5 Å². The first-order chi connectivity index (χ1) is 6.71. The van der Waals surface area contributed by atoms with Crippen LogP contribution in [-0.2, 0) is 0 Å². The third kappa shape index (κ3) is 6.13. The van der Waals surface area contributed by atoms with E-state index in [9.17, 15) is 5.11 Å². The second-order valence-electron chi connectivity index (χ2n) is 5.75. The Labute approximate surface area is 93.9 Å². The number of rotatable bonds is 7. The molecule has 0 aromatic rings. The van der Waals surface area contributed by atoms with Crippen LogP contribution in [0.5, 0.6) is 0 Å². The topological polar surface area (TPSA) is 52.5 Å². The zero-order valence-corrected chi connectivity index (χ0v) is 10.8. The van der Waals surface area contributed by atoms with Gasteiger partial charge in [-0.25, -0.2) is 0 Å². The van der Waals surface area contributed by atoms with Crippen molar-refractivity contribution in [1.82, 2.24) is 5.32 Å². The van der Waals surface area contributed by atoms with Crippen molar-refractivity contribution >= 4 is 0 Å². The van der Waals surface area contributed by atoms with E-state index >= 15 is 0 Å². The van der Waals surface area contributed by atoms with E-state index in [1.165, 1.54) is 0 Å². The lowest BCUT2D eigenvalue weighted by Gasteiger charge is -2.31. The highest BCUT2D eigenvalue weighted by Gasteiger charge is 2.25. The van der Waals surface area contributed by atoms with Gasteiger partial charge in [-0.15, -0.1) is 0 Å². The normalized spacial score (nSPS) is 16.8. The summed E-state index contributed by atoms with van der Waals surface area (Å²) in [5.74, 6) is 0.242. The molecule has 0 heterocycles. The molecule has 0 saturated heterocycles. The van der Waals surface area contributed by atoms with E-state index in [2.05, 4.69) is 19.2 Å². The molecule has 15 heavy (non-hydrogen) atoms. The molecule has 0 bridgehead atoms. The van der Waals surface area contributed by atoms with E-state index in [0.717, 1.165) is 13.0 Å². The summed E-state index contributed by atoms with van der Waals surface area (Å²) in [6, 6.07) is 0. The minimum absolute atomic E-state index is 0.0851. The van der Waals surface area contributed by atoms with Crippen molar-refractivity contribution in [3.05, 3.63) is 0 Å². The van der Waals surface area contributed by atoms with E-state index in [-0.39, 0.29) is 17.9 Å². The van der Waals surface area contributed by atoms with Gasteiger partial charge in [0.2, 0.25) is 0 Å². The fourth-order valence-corrected chi connectivity index (χ4v) is 1.25. The van der Waals surface area contributed by atoms with Crippen LogP contribution >= 0.6 is 0 Å². The SMILES string of the molecule is CC(C)C(C)(O)CNCC(C)(C)CCO. The second kappa shape index (κ2) is 5.83. The van der Waals surface area contributed by atoms with Crippen LogP contribution < -0.4 is 5.32 Å². The summed E-state index contributed by atoms with van der Waals surface area (Å²) in [6.45, 7) is 11.7. The summed E-state index contributed by atoms with van der Waals surface area (Å²) < 4.78 is 0. The van der Waals surface area contributed by atoms with Gasteiger partial charge in [0.25, 0.3) is 0 Å². The van der Waals surface area contributed by atoms with Crippen LogP contribution in [0.15, 0.2) is 0 Å². The van der Waals surface area contributed by atoms with E-state index < -0.39 is 5.60 Å². The molecule has 0 aromatic heterocycles. The maximum absolute atomic E-state index is 10.0. The van der Waals surface area contributed by atoms with Crippen molar-refractivity contribution < 1.29 is 10.2 Å². The minimum Gasteiger partial charge on any atom is -0.396 e. The number of aliphatic hydroxyl groups excluding tert-OH is 1. The van der Waals surface area contributed by atoms with E-state index in [0.29, 0.717) is 6.54 Å². The van der Waals surface area contributed by atoms with Crippen molar-refractivity contribution in [1.29, 1.82) is 0 Å². The van der Waals surface area contributed by atoms with E-state index in [4.69, 9.17) is 5.11 Å². The first-order valence-electron chi connectivity index (χ1n) is 5.75. The van der Waals surface area contributed by atoms with Crippen LogP contribution in [-0.4, -0.2) is 35.5 Å². The first-order valence-corrected chi connectivity index (χ1v) is 5.75. The van der Waals surface area contributed by atoms with Crippen LogP contribution in [0.1, 0.15) is 41.0 Å². The molecule has 92 valence electrons. The van der Waals surface area contributed by atoms with Crippen molar-refractivity contribution in [2.24, 2.45) is 11.3 Å². The monoisotopic (exact) mass is 217 g/mol. The van der Waals surface area contributed by atoms with Crippen LogP contribution in [0.2, 0.25) is 0 Å². The second-order valence-corrected chi connectivity index (χ2v) is 5.75. The standard InChI is InChI=1S/C12H27NO2/c1-10(2)12(5,15)9-13-8-11(3,4)6-7-14/h10,13-15H,6-9H2,1-5H3. The predicted molar refractivity (Wildman–Crippen MR) is 63.8 cm³/mol. The van der Waals surface area contributed by atoms with Gasteiger partial charge in [0.1, 0.15) is 0 Å². The molecular formula is C12H27NO2. The molecule has 0 aromatic carbocycles. The van der Waals surface area contributed by atoms with Gasteiger partial charge in [0.15, 0.2) is 0 Å². The molecule has 0 rings (SSSR count). The smallest absolute Gasteiger partial charge is 0.0766 e. The highest BCUT2D eigenvalue weighted by molar-refractivity contribution is 4.81. The number of nitrogens with one attached hydrogen (secondary N) is 1. The predicted octanol–water partition coefficient (Wildman–Crippen LogP) is 1.39.